The number of hydrogen-bond acceptors (Lipinski definition) is 4. The molecule has 0 amide bonds. The maximum absolute atomic E-state index is 5.40. The summed E-state index contributed by atoms with van der Waals surface area (Å²) in [6.07, 6.45) is 4.97. The van der Waals surface area contributed by atoms with Crippen LogP contribution >= 0.6 is 24.0 Å². The van der Waals surface area contributed by atoms with Crippen LogP contribution < -0.4 is 20.3 Å². The normalized spacial score (nSPS) is 22.7. The van der Waals surface area contributed by atoms with Gasteiger partial charge in [0.05, 0.1) is 7.11 Å². The molecule has 31 heavy (non-hydrogen) atoms. The topological polar surface area (TPSA) is 52.1 Å². The first-order chi connectivity index (χ1) is 14.6. The first-order valence-corrected chi connectivity index (χ1v) is 11.7. The molecular formula is C24H42IN5O. The largest absolute Gasteiger partial charge is 0.497 e. The molecule has 2 atom stereocenters. The third-order valence-electron chi connectivity index (χ3n) is 6.19. The molecule has 0 aliphatic carbocycles. The molecule has 2 N–H and O–H groups in total. The Morgan fingerprint density at radius 3 is 2.74 bits per heavy atom. The molecular weight excluding hydrogens is 501 g/mol. The number of likely N-dealkylation sites (tertiary alicyclic amines) is 1. The highest BCUT2D eigenvalue weighted by molar-refractivity contribution is 14.0. The molecule has 176 valence electrons. The molecule has 2 fully saturated rings. The van der Waals surface area contributed by atoms with Crippen LogP contribution in [-0.2, 0) is 0 Å². The fraction of sp³-hybridized carbons (Fsp3) is 0.708. The van der Waals surface area contributed by atoms with Crippen molar-refractivity contribution < 1.29 is 4.74 Å². The van der Waals surface area contributed by atoms with Crippen molar-refractivity contribution in [3.05, 3.63) is 24.3 Å². The SMILES string of the molecule is CN=C(NCC1CCCN(CC(C)C)C1)NC1CCCN(c2cccc(OC)c2)C1.I. The third-order valence-corrected chi connectivity index (χ3v) is 6.19. The zero-order valence-corrected chi connectivity index (χ0v) is 22.1. The number of benzene rings is 1. The highest BCUT2D eigenvalue weighted by atomic mass is 127. The summed E-state index contributed by atoms with van der Waals surface area (Å²) in [6, 6.07) is 8.77. The number of piperidine rings is 2. The van der Waals surface area contributed by atoms with E-state index in [0.717, 1.165) is 37.3 Å². The minimum Gasteiger partial charge on any atom is -0.497 e. The van der Waals surface area contributed by atoms with Crippen LogP contribution in [0.15, 0.2) is 29.3 Å². The fourth-order valence-corrected chi connectivity index (χ4v) is 4.77. The standard InChI is InChI=1S/C24H41N5O.HI/c1-19(2)16-28-12-6-8-20(17-28)15-26-24(25-3)27-21-9-7-13-29(18-21)22-10-5-11-23(14-22)30-4;/h5,10-11,14,19-21H,6-9,12-13,15-18H2,1-4H3,(H2,25,26,27);1H. The Bertz CT molecular complexity index is 684. The number of methoxy groups -OCH3 is 1. The van der Waals surface area contributed by atoms with Crippen molar-refractivity contribution in [1.29, 1.82) is 0 Å². The summed E-state index contributed by atoms with van der Waals surface area (Å²) in [4.78, 5) is 9.58. The maximum atomic E-state index is 5.40. The average molecular weight is 544 g/mol. The van der Waals surface area contributed by atoms with E-state index >= 15 is 0 Å². The predicted octanol–water partition coefficient (Wildman–Crippen LogP) is 3.82. The van der Waals surface area contributed by atoms with E-state index in [0.29, 0.717) is 12.0 Å². The number of ether oxygens (including phenoxy) is 1. The van der Waals surface area contributed by atoms with Crippen molar-refractivity contribution in [1.82, 2.24) is 15.5 Å². The summed E-state index contributed by atoms with van der Waals surface area (Å²) in [6.45, 7) is 11.4. The summed E-state index contributed by atoms with van der Waals surface area (Å²) < 4.78 is 5.40. The van der Waals surface area contributed by atoms with Gasteiger partial charge < -0.3 is 25.2 Å². The molecule has 1 aromatic rings. The van der Waals surface area contributed by atoms with E-state index in [-0.39, 0.29) is 24.0 Å². The second-order valence-corrected chi connectivity index (χ2v) is 9.25. The lowest BCUT2D eigenvalue weighted by Gasteiger charge is -2.36. The number of halogens is 1. The average Bonchev–Trinajstić information content (AvgIpc) is 2.76. The van der Waals surface area contributed by atoms with Gasteiger partial charge in [-0.3, -0.25) is 4.99 Å². The van der Waals surface area contributed by atoms with Crippen LogP contribution in [0.1, 0.15) is 39.5 Å². The smallest absolute Gasteiger partial charge is 0.191 e. The Hall–Kier alpha value is -1.22. The second kappa shape index (κ2) is 13.4. The van der Waals surface area contributed by atoms with Crippen LogP contribution in [0.4, 0.5) is 5.69 Å². The molecule has 0 saturated carbocycles. The summed E-state index contributed by atoms with van der Waals surface area (Å²) in [5.74, 6) is 3.30. The molecule has 0 spiro atoms. The maximum Gasteiger partial charge on any atom is 0.191 e. The van der Waals surface area contributed by atoms with Gasteiger partial charge in [-0.15, -0.1) is 24.0 Å². The van der Waals surface area contributed by atoms with Gasteiger partial charge in [-0.25, -0.2) is 0 Å². The van der Waals surface area contributed by atoms with Crippen molar-refractivity contribution >= 4 is 35.6 Å². The van der Waals surface area contributed by atoms with Crippen LogP contribution in [0, 0.1) is 11.8 Å². The van der Waals surface area contributed by atoms with Crippen molar-refractivity contribution in [3.8, 4) is 5.75 Å². The Morgan fingerprint density at radius 1 is 1.19 bits per heavy atom. The van der Waals surface area contributed by atoms with Gasteiger partial charge in [-0.1, -0.05) is 19.9 Å². The lowest BCUT2D eigenvalue weighted by Crippen LogP contribution is -2.52. The van der Waals surface area contributed by atoms with Crippen molar-refractivity contribution in [2.45, 2.75) is 45.6 Å². The predicted molar refractivity (Wildman–Crippen MR) is 142 cm³/mol. The molecule has 3 rings (SSSR count). The number of nitrogens with one attached hydrogen (secondary N) is 2. The van der Waals surface area contributed by atoms with Crippen molar-refractivity contribution in [3.63, 3.8) is 0 Å². The molecule has 2 aliphatic heterocycles. The molecule has 0 aromatic heterocycles. The van der Waals surface area contributed by atoms with E-state index in [1.807, 2.05) is 13.1 Å². The Kier molecular flexibility index (Phi) is 11.2. The summed E-state index contributed by atoms with van der Waals surface area (Å²) in [5, 5.41) is 7.28. The number of rotatable bonds is 7. The first kappa shape index (κ1) is 26.0. The molecule has 0 radical (unpaired) electrons. The van der Waals surface area contributed by atoms with Gasteiger partial charge in [0.15, 0.2) is 5.96 Å². The minimum absolute atomic E-state index is 0. The van der Waals surface area contributed by atoms with E-state index in [1.54, 1.807) is 7.11 Å². The van der Waals surface area contributed by atoms with E-state index in [4.69, 9.17) is 4.74 Å². The summed E-state index contributed by atoms with van der Waals surface area (Å²) in [5.41, 5.74) is 1.23. The molecule has 0 bridgehead atoms. The Balaban J connectivity index is 0.00000341. The van der Waals surface area contributed by atoms with Gasteiger partial charge in [0.2, 0.25) is 0 Å². The van der Waals surface area contributed by atoms with Gasteiger partial charge >= 0.3 is 0 Å². The highest BCUT2D eigenvalue weighted by Crippen LogP contribution is 2.24. The first-order valence-electron chi connectivity index (χ1n) is 11.7. The molecule has 2 aliphatic rings. The molecule has 7 heteroatoms. The van der Waals surface area contributed by atoms with Gasteiger partial charge in [0.25, 0.3) is 0 Å². The van der Waals surface area contributed by atoms with E-state index in [9.17, 15) is 0 Å². The van der Waals surface area contributed by atoms with Crippen LogP contribution in [0.3, 0.4) is 0 Å². The van der Waals surface area contributed by atoms with Gasteiger partial charge in [0, 0.05) is 57.6 Å². The zero-order valence-electron chi connectivity index (χ0n) is 19.8. The van der Waals surface area contributed by atoms with Crippen LogP contribution in [0.2, 0.25) is 0 Å². The lowest BCUT2D eigenvalue weighted by atomic mass is 9.97. The molecule has 1 aromatic carbocycles. The number of nitrogens with zero attached hydrogens (tertiary/aromatic N) is 3. The van der Waals surface area contributed by atoms with Crippen molar-refractivity contribution in [2.24, 2.45) is 16.8 Å². The number of guanidine groups is 1. The van der Waals surface area contributed by atoms with Crippen LogP contribution in [0.5, 0.6) is 5.75 Å². The van der Waals surface area contributed by atoms with Gasteiger partial charge in [-0.2, -0.15) is 0 Å². The Labute approximate surface area is 206 Å². The summed E-state index contributed by atoms with van der Waals surface area (Å²) >= 11 is 0. The van der Waals surface area contributed by atoms with E-state index < -0.39 is 0 Å². The number of hydrogen-bond donors (Lipinski definition) is 2. The fourth-order valence-electron chi connectivity index (χ4n) is 4.77. The quantitative estimate of drug-likeness (QED) is 0.311. The molecule has 6 nitrogen and oxygen atoms in total. The summed E-state index contributed by atoms with van der Waals surface area (Å²) in [7, 11) is 3.60. The third kappa shape index (κ3) is 8.33. The van der Waals surface area contributed by atoms with Gasteiger partial charge in [-0.05, 0) is 56.2 Å². The molecule has 2 heterocycles. The Morgan fingerprint density at radius 2 is 2.00 bits per heavy atom. The van der Waals surface area contributed by atoms with Crippen LogP contribution in [0.25, 0.3) is 0 Å². The number of aliphatic imine (C=N–C) groups is 1. The van der Waals surface area contributed by atoms with E-state index in [2.05, 4.69) is 57.5 Å². The van der Waals surface area contributed by atoms with E-state index in [1.165, 1.54) is 51.0 Å². The van der Waals surface area contributed by atoms with Gasteiger partial charge in [0.1, 0.15) is 5.75 Å². The van der Waals surface area contributed by atoms with Crippen LogP contribution in [-0.4, -0.2) is 70.3 Å². The highest BCUT2D eigenvalue weighted by Gasteiger charge is 2.23. The second-order valence-electron chi connectivity index (χ2n) is 9.25. The number of anilines is 1. The molecule has 2 unspecified atom stereocenters. The lowest BCUT2D eigenvalue weighted by molar-refractivity contribution is 0.159. The minimum atomic E-state index is 0. The zero-order chi connectivity index (χ0) is 21.3. The van der Waals surface area contributed by atoms with Crippen molar-refractivity contribution in [2.75, 3.05) is 58.3 Å². The molecule has 2 saturated heterocycles. The monoisotopic (exact) mass is 543 g/mol.